The van der Waals surface area contributed by atoms with Gasteiger partial charge in [0, 0.05) is 17.6 Å². The van der Waals surface area contributed by atoms with E-state index >= 15 is 0 Å². The van der Waals surface area contributed by atoms with Crippen LogP contribution in [0.15, 0.2) is 57.4 Å². The Bertz CT molecular complexity index is 898. The Morgan fingerprint density at radius 3 is 2.26 bits per heavy atom. The lowest BCUT2D eigenvalue weighted by molar-refractivity contribution is -0.131. The molecular formula is C21H23ClN2O3. The Kier molecular flexibility index (Phi) is 6.04. The van der Waals surface area contributed by atoms with Crippen LogP contribution in [0.1, 0.15) is 17.3 Å². The first-order valence-electron chi connectivity index (χ1n) is 8.73. The summed E-state index contributed by atoms with van der Waals surface area (Å²) >= 11 is 5.92. The minimum absolute atomic E-state index is 0.0187. The molecule has 142 valence electrons. The maximum atomic E-state index is 12.5. The molecule has 2 aromatic heterocycles. The number of hydrogen-bond donors (Lipinski definition) is 0. The van der Waals surface area contributed by atoms with Gasteiger partial charge in [-0.2, -0.15) is 0 Å². The van der Waals surface area contributed by atoms with Crippen molar-refractivity contribution < 1.29 is 13.6 Å². The van der Waals surface area contributed by atoms with E-state index in [9.17, 15) is 4.79 Å². The SMILES string of the molecule is Cc1ccc(CN(C)CC(=O)N(C)Cc2ccc(-c3ccc(Cl)cc3)o2)o1. The van der Waals surface area contributed by atoms with Crippen LogP contribution in [0.2, 0.25) is 5.02 Å². The first-order chi connectivity index (χ1) is 12.9. The largest absolute Gasteiger partial charge is 0.465 e. The van der Waals surface area contributed by atoms with Crippen LogP contribution in [-0.2, 0) is 17.9 Å². The van der Waals surface area contributed by atoms with Crippen molar-refractivity contribution in [1.29, 1.82) is 0 Å². The van der Waals surface area contributed by atoms with Crippen LogP contribution in [-0.4, -0.2) is 36.3 Å². The molecule has 0 aliphatic carbocycles. The highest BCUT2D eigenvalue weighted by Crippen LogP contribution is 2.24. The van der Waals surface area contributed by atoms with E-state index in [4.69, 9.17) is 20.4 Å². The van der Waals surface area contributed by atoms with Crippen LogP contribution in [0, 0.1) is 6.92 Å². The van der Waals surface area contributed by atoms with Crippen molar-refractivity contribution in [3.63, 3.8) is 0 Å². The number of carbonyl (C=O) groups excluding carboxylic acids is 1. The monoisotopic (exact) mass is 386 g/mol. The van der Waals surface area contributed by atoms with Gasteiger partial charge in [0.15, 0.2) is 0 Å². The van der Waals surface area contributed by atoms with Crippen molar-refractivity contribution in [3.8, 4) is 11.3 Å². The molecule has 0 bridgehead atoms. The third-order valence-corrected chi connectivity index (χ3v) is 4.49. The van der Waals surface area contributed by atoms with Gasteiger partial charge in [-0.25, -0.2) is 0 Å². The lowest BCUT2D eigenvalue weighted by Gasteiger charge is -2.20. The first kappa shape index (κ1) is 19.3. The normalized spacial score (nSPS) is 11.1. The predicted octanol–water partition coefficient (Wildman–Crippen LogP) is 4.59. The Morgan fingerprint density at radius 1 is 0.926 bits per heavy atom. The highest BCUT2D eigenvalue weighted by atomic mass is 35.5. The van der Waals surface area contributed by atoms with Crippen molar-refractivity contribution in [3.05, 3.63) is 70.8 Å². The highest BCUT2D eigenvalue weighted by molar-refractivity contribution is 6.30. The summed E-state index contributed by atoms with van der Waals surface area (Å²) in [6.07, 6.45) is 0. The van der Waals surface area contributed by atoms with E-state index in [0.717, 1.165) is 28.6 Å². The van der Waals surface area contributed by atoms with E-state index in [1.54, 1.807) is 11.9 Å². The maximum absolute atomic E-state index is 12.5. The molecule has 0 fully saturated rings. The van der Waals surface area contributed by atoms with Gasteiger partial charge in [-0.3, -0.25) is 9.69 Å². The molecule has 0 N–H and O–H groups in total. The second-order valence-electron chi connectivity index (χ2n) is 6.71. The minimum Gasteiger partial charge on any atom is -0.465 e. The fraction of sp³-hybridized carbons (Fsp3) is 0.286. The van der Waals surface area contributed by atoms with Crippen molar-refractivity contribution in [2.75, 3.05) is 20.6 Å². The summed E-state index contributed by atoms with van der Waals surface area (Å²) in [6, 6.07) is 15.1. The van der Waals surface area contributed by atoms with Crippen molar-refractivity contribution in [2.45, 2.75) is 20.0 Å². The third kappa shape index (κ3) is 5.25. The second kappa shape index (κ2) is 8.46. The van der Waals surface area contributed by atoms with Gasteiger partial charge in [0.1, 0.15) is 23.0 Å². The molecule has 27 heavy (non-hydrogen) atoms. The molecule has 1 amide bonds. The van der Waals surface area contributed by atoms with Crippen LogP contribution in [0.3, 0.4) is 0 Å². The lowest BCUT2D eigenvalue weighted by atomic mass is 10.2. The molecule has 0 saturated heterocycles. The number of aryl methyl sites for hydroxylation is 1. The van der Waals surface area contributed by atoms with Gasteiger partial charge in [0.2, 0.25) is 5.91 Å². The molecule has 0 unspecified atom stereocenters. The van der Waals surface area contributed by atoms with Crippen molar-refractivity contribution in [2.24, 2.45) is 0 Å². The number of nitrogens with zero attached hydrogens (tertiary/aromatic N) is 2. The Morgan fingerprint density at radius 2 is 1.59 bits per heavy atom. The second-order valence-corrected chi connectivity index (χ2v) is 7.14. The highest BCUT2D eigenvalue weighted by Gasteiger charge is 2.15. The Labute approximate surface area is 164 Å². The number of halogens is 1. The first-order valence-corrected chi connectivity index (χ1v) is 9.11. The molecule has 0 aliphatic heterocycles. The number of likely N-dealkylation sites (N-methyl/N-ethyl adjacent to an activating group) is 2. The Balaban J connectivity index is 1.54. The molecule has 0 spiro atoms. The van der Waals surface area contributed by atoms with Gasteiger partial charge in [0.05, 0.1) is 19.6 Å². The summed E-state index contributed by atoms with van der Waals surface area (Å²) in [7, 11) is 3.67. The van der Waals surface area contributed by atoms with E-state index < -0.39 is 0 Å². The van der Waals surface area contributed by atoms with Gasteiger partial charge >= 0.3 is 0 Å². The van der Waals surface area contributed by atoms with Gasteiger partial charge in [-0.1, -0.05) is 11.6 Å². The van der Waals surface area contributed by atoms with Crippen LogP contribution < -0.4 is 0 Å². The summed E-state index contributed by atoms with van der Waals surface area (Å²) in [5.41, 5.74) is 0.952. The fourth-order valence-electron chi connectivity index (χ4n) is 2.80. The quantitative estimate of drug-likeness (QED) is 0.595. The molecule has 2 heterocycles. The van der Waals surface area contributed by atoms with E-state index in [-0.39, 0.29) is 5.91 Å². The van der Waals surface area contributed by atoms with Crippen LogP contribution in [0.25, 0.3) is 11.3 Å². The van der Waals surface area contributed by atoms with Crippen LogP contribution in [0.4, 0.5) is 0 Å². The zero-order valence-electron chi connectivity index (χ0n) is 15.7. The van der Waals surface area contributed by atoms with E-state index in [2.05, 4.69) is 0 Å². The number of hydrogen-bond acceptors (Lipinski definition) is 4. The maximum Gasteiger partial charge on any atom is 0.236 e. The number of rotatable bonds is 7. The third-order valence-electron chi connectivity index (χ3n) is 4.24. The fourth-order valence-corrected chi connectivity index (χ4v) is 2.92. The summed E-state index contributed by atoms with van der Waals surface area (Å²) < 4.78 is 11.4. The van der Waals surface area contributed by atoms with Gasteiger partial charge in [-0.15, -0.1) is 0 Å². The average Bonchev–Trinajstić information content (AvgIpc) is 3.24. The Hall–Kier alpha value is -2.50. The molecule has 0 radical (unpaired) electrons. The predicted molar refractivity (Wildman–Crippen MR) is 105 cm³/mol. The summed E-state index contributed by atoms with van der Waals surface area (Å²) in [5.74, 6) is 3.23. The van der Waals surface area contributed by atoms with Crippen molar-refractivity contribution in [1.82, 2.24) is 9.80 Å². The van der Waals surface area contributed by atoms with E-state index in [0.29, 0.717) is 24.7 Å². The molecule has 6 heteroatoms. The van der Waals surface area contributed by atoms with E-state index in [1.807, 2.05) is 67.4 Å². The zero-order valence-corrected chi connectivity index (χ0v) is 16.5. The van der Waals surface area contributed by atoms with Gasteiger partial charge < -0.3 is 13.7 Å². The number of benzene rings is 1. The molecule has 3 rings (SSSR count). The average molecular weight is 387 g/mol. The van der Waals surface area contributed by atoms with Crippen LogP contribution in [0.5, 0.6) is 0 Å². The number of furan rings is 2. The van der Waals surface area contributed by atoms with Gasteiger partial charge in [0.25, 0.3) is 0 Å². The topological polar surface area (TPSA) is 49.8 Å². The number of carbonyl (C=O) groups is 1. The zero-order chi connectivity index (χ0) is 19.4. The standard InChI is InChI=1S/C21H23ClN2O3/c1-15-4-9-18(26-15)12-23(2)14-21(25)24(3)13-19-10-11-20(27-19)16-5-7-17(22)8-6-16/h4-11H,12-14H2,1-3H3. The molecular weight excluding hydrogens is 364 g/mol. The molecule has 1 aromatic carbocycles. The molecule has 0 aliphatic rings. The van der Waals surface area contributed by atoms with Crippen molar-refractivity contribution >= 4 is 17.5 Å². The summed E-state index contributed by atoms with van der Waals surface area (Å²) in [6.45, 7) is 3.22. The number of amides is 1. The molecule has 0 saturated carbocycles. The van der Waals surface area contributed by atoms with Crippen LogP contribution >= 0.6 is 11.6 Å². The molecule has 0 atom stereocenters. The lowest BCUT2D eigenvalue weighted by Crippen LogP contribution is -2.35. The summed E-state index contributed by atoms with van der Waals surface area (Å²) in [5, 5.41) is 0.685. The van der Waals surface area contributed by atoms with Gasteiger partial charge in [-0.05, 0) is 62.5 Å². The minimum atomic E-state index is 0.0187. The molecule has 3 aromatic rings. The molecule has 5 nitrogen and oxygen atoms in total. The smallest absolute Gasteiger partial charge is 0.236 e. The summed E-state index contributed by atoms with van der Waals surface area (Å²) in [4.78, 5) is 16.1. The van der Waals surface area contributed by atoms with E-state index in [1.165, 1.54) is 0 Å².